The van der Waals surface area contributed by atoms with Gasteiger partial charge in [-0.15, -0.1) is 11.3 Å². The van der Waals surface area contributed by atoms with Crippen molar-refractivity contribution < 1.29 is 22.3 Å². The lowest BCUT2D eigenvalue weighted by molar-refractivity contribution is 0.102. The highest BCUT2D eigenvalue weighted by atomic mass is 32.2. The first kappa shape index (κ1) is 23.3. The van der Waals surface area contributed by atoms with Crippen LogP contribution in [0.2, 0.25) is 0 Å². The minimum absolute atomic E-state index is 0.147. The van der Waals surface area contributed by atoms with Crippen molar-refractivity contribution in [2.75, 3.05) is 18.4 Å². The Bertz CT molecular complexity index is 1240. The third kappa shape index (κ3) is 5.58. The van der Waals surface area contributed by atoms with Crippen molar-refractivity contribution >= 4 is 33.0 Å². The predicted octanol–water partition coefficient (Wildman–Crippen LogP) is 4.60. The Morgan fingerprint density at radius 2 is 1.88 bits per heavy atom. The van der Waals surface area contributed by atoms with E-state index in [9.17, 15) is 17.6 Å². The average molecular weight is 490 g/mol. The van der Waals surface area contributed by atoms with Gasteiger partial charge in [0, 0.05) is 18.8 Å². The molecule has 0 spiro atoms. The van der Waals surface area contributed by atoms with Crippen molar-refractivity contribution in [1.82, 2.24) is 9.29 Å². The number of nitrogens with one attached hydrogen (secondary N) is 1. The molecule has 2 aromatic carbocycles. The highest BCUT2D eigenvalue weighted by Crippen LogP contribution is 2.25. The molecule has 0 aliphatic carbocycles. The summed E-state index contributed by atoms with van der Waals surface area (Å²) in [4.78, 5) is 17.8. The number of halogens is 1. The van der Waals surface area contributed by atoms with Crippen molar-refractivity contribution in [1.29, 1.82) is 0 Å². The van der Waals surface area contributed by atoms with Gasteiger partial charge < -0.3 is 10.1 Å². The minimum atomic E-state index is -3.59. The number of benzene rings is 2. The first-order chi connectivity index (χ1) is 15.8. The molecule has 174 valence electrons. The van der Waals surface area contributed by atoms with Crippen molar-refractivity contribution in [3.63, 3.8) is 0 Å². The van der Waals surface area contributed by atoms with Gasteiger partial charge in [-0.1, -0.05) is 12.5 Å². The third-order valence-corrected chi connectivity index (χ3v) is 8.29. The quantitative estimate of drug-likeness (QED) is 0.524. The molecule has 0 unspecified atom stereocenters. The maximum atomic E-state index is 13.0. The maximum absolute atomic E-state index is 13.0. The number of piperidine rings is 1. The molecule has 4 rings (SSSR count). The number of aryl methyl sites for hydroxylation is 1. The molecule has 1 fully saturated rings. The summed E-state index contributed by atoms with van der Waals surface area (Å²) in [6.45, 7) is 2.90. The largest absolute Gasteiger partial charge is 0.486 e. The second-order valence-electron chi connectivity index (χ2n) is 7.71. The highest BCUT2D eigenvalue weighted by Gasteiger charge is 2.26. The van der Waals surface area contributed by atoms with Crippen molar-refractivity contribution in [3.8, 4) is 5.75 Å². The molecule has 1 aliphatic rings. The summed E-state index contributed by atoms with van der Waals surface area (Å²) in [6, 6.07) is 12.0. The van der Waals surface area contributed by atoms with Crippen LogP contribution in [0.5, 0.6) is 5.75 Å². The van der Waals surface area contributed by atoms with E-state index in [-0.39, 0.29) is 23.2 Å². The number of carbonyl (C=O) groups is 1. The molecule has 10 heteroatoms. The summed E-state index contributed by atoms with van der Waals surface area (Å²) in [7, 11) is -3.59. The number of aromatic nitrogens is 1. The SMILES string of the molecule is Cc1nc(COc2ccc(F)cc2)sc1C(=O)Nc1cccc(S(=O)(=O)N2CCCCC2)c1. The lowest BCUT2D eigenvalue weighted by Gasteiger charge is -2.26. The number of sulfonamides is 1. The van der Waals surface area contributed by atoms with Crippen molar-refractivity contribution in [2.45, 2.75) is 37.7 Å². The van der Waals surface area contributed by atoms with Crippen LogP contribution in [0.25, 0.3) is 0 Å². The smallest absolute Gasteiger partial charge is 0.267 e. The van der Waals surface area contributed by atoms with E-state index in [1.807, 2.05) is 0 Å². The molecule has 0 saturated carbocycles. The van der Waals surface area contributed by atoms with Crippen LogP contribution in [-0.4, -0.2) is 36.7 Å². The van der Waals surface area contributed by atoms with E-state index < -0.39 is 10.0 Å². The van der Waals surface area contributed by atoms with Gasteiger partial charge in [-0.2, -0.15) is 4.31 Å². The fourth-order valence-electron chi connectivity index (χ4n) is 3.58. The fraction of sp³-hybridized carbons (Fsp3) is 0.304. The summed E-state index contributed by atoms with van der Waals surface area (Å²) in [5, 5.41) is 3.37. The topological polar surface area (TPSA) is 88.6 Å². The number of amides is 1. The third-order valence-electron chi connectivity index (χ3n) is 5.27. The molecule has 2 heterocycles. The zero-order chi connectivity index (χ0) is 23.4. The molecule has 33 heavy (non-hydrogen) atoms. The monoisotopic (exact) mass is 489 g/mol. The Kier molecular flexibility index (Phi) is 7.06. The Balaban J connectivity index is 1.44. The molecular weight excluding hydrogens is 465 g/mol. The molecule has 0 bridgehead atoms. The van der Waals surface area contributed by atoms with E-state index in [1.54, 1.807) is 25.1 Å². The van der Waals surface area contributed by atoms with Gasteiger partial charge in [-0.25, -0.2) is 17.8 Å². The lowest BCUT2D eigenvalue weighted by Crippen LogP contribution is -2.35. The molecule has 1 amide bonds. The Labute approximate surface area is 196 Å². The maximum Gasteiger partial charge on any atom is 0.267 e. The molecule has 3 aromatic rings. The number of rotatable bonds is 7. The number of anilines is 1. The Morgan fingerprint density at radius 1 is 1.15 bits per heavy atom. The van der Waals surface area contributed by atoms with Gasteiger partial charge in [0.25, 0.3) is 5.91 Å². The number of ether oxygens (including phenoxy) is 1. The second kappa shape index (κ2) is 9.98. The van der Waals surface area contributed by atoms with Gasteiger partial charge in [0.2, 0.25) is 10.0 Å². The molecule has 1 saturated heterocycles. The molecule has 0 radical (unpaired) electrons. The van der Waals surface area contributed by atoms with Gasteiger partial charge in [0.15, 0.2) is 0 Å². The summed E-state index contributed by atoms with van der Waals surface area (Å²) in [5.74, 6) is -0.216. The zero-order valence-corrected chi connectivity index (χ0v) is 19.7. The van der Waals surface area contributed by atoms with Gasteiger partial charge in [-0.3, -0.25) is 4.79 Å². The predicted molar refractivity (Wildman–Crippen MR) is 125 cm³/mol. The van der Waals surface area contributed by atoms with E-state index in [0.717, 1.165) is 19.3 Å². The van der Waals surface area contributed by atoms with E-state index in [2.05, 4.69) is 10.3 Å². The number of hydrogen-bond donors (Lipinski definition) is 1. The standard InChI is InChI=1S/C23H24FN3O4S2/c1-16-22(32-21(25-16)15-31-19-10-8-17(24)9-11-19)23(28)26-18-6-5-7-20(14-18)33(29,30)27-12-3-2-4-13-27/h5-11,14H,2-4,12-13,15H2,1H3,(H,26,28). The average Bonchev–Trinajstić information content (AvgIpc) is 3.20. The molecule has 1 aliphatic heterocycles. The number of hydrogen-bond acceptors (Lipinski definition) is 6. The molecule has 1 aromatic heterocycles. The van der Waals surface area contributed by atoms with Gasteiger partial charge in [-0.05, 0) is 62.2 Å². The second-order valence-corrected chi connectivity index (χ2v) is 10.7. The minimum Gasteiger partial charge on any atom is -0.486 e. The van der Waals surface area contributed by atoms with Gasteiger partial charge in [0.1, 0.15) is 28.1 Å². The summed E-state index contributed by atoms with van der Waals surface area (Å²) in [6.07, 6.45) is 2.74. The summed E-state index contributed by atoms with van der Waals surface area (Å²) in [5.41, 5.74) is 0.947. The number of carbonyl (C=O) groups excluding carboxylic acids is 1. The van der Waals surface area contributed by atoms with E-state index in [0.29, 0.717) is 40.1 Å². The van der Waals surface area contributed by atoms with Crippen LogP contribution in [0.1, 0.15) is 39.6 Å². The molecule has 1 N–H and O–H groups in total. The molecular formula is C23H24FN3O4S2. The normalized spacial score (nSPS) is 14.7. The zero-order valence-electron chi connectivity index (χ0n) is 18.1. The first-order valence-corrected chi connectivity index (χ1v) is 12.8. The van der Waals surface area contributed by atoms with Crippen LogP contribution >= 0.6 is 11.3 Å². The van der Waals surface area contributed by atoms with E-state index in [1.165, 1.54) is 46.0 Å². The highest BCUT2D eigenvalue weighted by molar-refractivity contribution is 7.89. The van der Waals surface area contributed by atoms with Crippen molar-refractivity contribution in [3.05, 3.63) is 69.9 Å². The van der Waals surface area contributed by atoms with E-state index >= 15 is 0 Å². The lowest BCUT2D eigenvalue weighted by atomic mass is 10.2. The number of nitrogens with zero attached hydrogens (tertiary/aromatic N) is 2. The fourth-order valence-corrected chi connectivity index (χ4v) is 6.01. The van der Waals surface area contributed by atoms with Crippen LogP contribution in [0.15, 0.2) is 53.4 Å². The van der Waals surface area contributed by atoms with Crippen molar-refractivity contribution in [2.24, 2.45) is 0 Å². The van der Waals surface area contributed by atoms with Crippen LogP contribution in [0.4, 0.5) is 10.1 Å². The summed E-state index contributed by atoms with van der Waals surface area (Å²) < 4.78 is 46.0. The van der Waals surface area contributed by atoms with Crippen LogP contribution in [-0.2, 0) is 16.6 Å². The number of thiazole rings is 1. The van der Waals surface area contributed by atoms with Crippen LogP contribution in [0.3, 0.4) is 0 Å². The molecule has 7 nitrogen and oxygen atoms in total. The first-order valence-electron chi connectivity index (χ1n) is 10.6. The van der Waals surface area contributed by atoms with Crippen LogP contribution in [0, 0.1) is 12.7 Å². The van der Waals surface area contributed by atoms with Gasteiger partial charge in [0.05, 0.1) is 10.6 Å². The van der Waals surface area contributed by atoms with Crippen LogP contribution < -0.4 is 10.1 Å². The van der Waals surface area contributed by atoms with Gasteiger partial charge >= 0.3 is 0 Å². The van der Waals surface area contributed by atoms with E-state index in [4.69, 9.17) is 4.74 Å². The Hall–Kier alpha value is -2.82. The summed E-state index contributed by atoms with van der Waals surface area (Å²) >= 11 is 1.19. The molecule has 0 atom stereocenters. The Morgan fingerprint density at radius 3 is 2.61 bits per heavy atom.